The summed E-state index contributed by atoms with van der Waals surface area (Å²) >= 11 is 1.80. The first-order valence-electron chi connectivity index (χ1n) is 7.02. The standard InChI is InChI=1S/C15H23N3S/c1-4-5-8-16-10-12(3)19-15-17-13-7-6-11(2)9-14(13)18-15/h6-7,9,12,16H,4-5,8,10H2,1-3H3,(H,17,18). The Balaban J connectivity index is 1.89. The van der Waals surface area contributed by atoms with Crippen molar-refractivity contribution in [1.82, 2.24) is 15.3 Å². The summed E-state index contributed by atoms with van der Waals surface area (Å²) in [5.74, 6) is 0. The Morgan fingerprint density at radius 3 is 3.05 bits per heavy atom. The van der Waals surface area contributed by atoms with Gasteiger partial charge in [0.2, 0.25) is 0 Å². The molecular formula is C15H23N3S. The summed E-state index contributed by atoms with van der Waals surface area (Å²) in [6.07, 6.45) is 2.50. The number of hydrogen-bond acceptors (Lipinski definition) is 3. The molecule has 0 fully saturated rings. The van der Waals surface area contributed by atoms with Gasteiger partial charge in [-0.2, -0.15) is 0 Å². The van der Waals surface area contributed by atoms with Crippen molar-refractivity contribution >= 4 is 22.8 Å². The Morgan fingerprint density at radius 1 is 1.42 bits per heavy atom. The van der Waals surface area contributed by atoms with E-state index in [-0.39, 0.29) is 0 Å². The van der Waals surface area contributed by atoms with Crippen LogP contribution in [0.4, 0.5) is 0 Å². The van der Waals surface area contributed by atoms with Crippen molar-refractivity contribution in [2.24, 2.45) is 0 Å². The van der Waals surface area contributed by atoms with E-state index in [9.17, 15) is 0 Å². The van der Waals surface area contributed by atoms with Crippen LogP contribution in [-0.2, 0) is 0 Å². The van der Waals surface area contributed by atoms with Crippen LogP contribution in [0.2, 0.25) is 0 Å². The lowest BCUT2D eigenvalue weighted by molar-refractivity contribution is 0.638. The number of hydrogen-bond donors (Lipinski definition) is 2. The number of thioether (sulfide) groups is 1. The first-order valence-corrected chi connectivity index (χ1v) is 7.90. The molecule has 3 nitrogen and oxygen atoms in total. The highest BCUT2D eigenvalue weighted by molar-refractivity contribution is 7.99. The number of rotatable bonds is 7. The van der Waals surface area contributed by atoms with Gasteiger partial charge in [0, 0.05) is 11.8 Å². The first kappa shape index (κ1) is 14.4. The average Bonchev–Trinajstić information content (AvgIpc) is 2.76. The Morgan fingerprint density at radius 2 is 2.26 bits per heavy atom. The summed E-state index contributed by atoms with van der Waals surface area (Å²) < 4.78 is 0. The van der Waals surface area contributed by atoms with Crippen molar-refractivity contribution in [1.29, 1.82) is 0 Å². The van der Waals surface area contributed by atoms with Crippen LogP contribution in [0.3, 0.4) is 0 Å². The number of nitrogens with one attached hydrogen (secondary N) is 2. The molecule has 0 bridgehead atoms. The molecule has 1 aromatic carbocycles. The molecule has 104 valence electrons. The third kappa shape index (κ3) is 4.25. The second-order valence-corrected chi connectivity index (χ2v) is 6.48. The van der Waals surface area contributed by atoms with Crippen LogP contribution in [0.1, 0.15) is 32.3 Å². The Kier molecular flexibility index (Phi) is 5.28. The van der Waals surface area contributed by atoms with E-state index in [1.165, 1.54) is 18.4 Å². The van der Waals surface area contributed by atoms with Gasteiger partial charge < -0.3 is 10.3 Å². The van der Waals surface area contributed by atoms with Crippen molar-refractivity contribution in [3.63, 3.8) is 0 Å². The molecule has 1 unspecified atom stereocenters. The fraction of sp³-hybridized carbons (Fsp3) is 0.533. The second-order valence-electron chi connectivity index (χ2n) is 5.05. The maximum absolute atomic E-state index is 4.62. The minimum atomic E-state index is 0.526. The molecule has 2 rings (SSSR count). The fourth-order valence-electron chi connectivity index (χ4n) is 2.00. The van der Waals surface area contributed by atoms with Crippen molar-refractivity contribution in [3.8, 4) is 0 Å². The molecule has 0 aliphatic heterocycles. The predicted octanol–water partition coefficient (Wildman–Crippen LogP) is 3.74. The van der Waals surface area contributed by atoms with Crippen molar-refractivity contribution in [3.05, 3.63) is 23.8 Å². The van der Waals surface area contributed by atoms with Gasteiger partial charge >= 0.3 is 0 Å². The van der Waals surface area contributed by atoms with Gasteiger partial charge in [0.25, 0.3) is 0 Å². The zero-order valence-electron chi connectivity index (χ0n) is 12.0. The van der Waals surface area contributed by atoms with E-state index in [0.717, 1.165) is 29.3 Å². The normalized spacial score (nSPS) is 13.0. The fourth-order valence-corrected chi connectivity index (χ4v) is 2.90. The van der Waals surface area contributed by atoms with Gasteiger partial charge in [0.05, 0.1) is 11.0 Å². The third-order valence-corrected chi connectivity index (χ3v) is 4.05. The highest BCUT2D eigenvalue weighted by Crippen LogP contribution is 2.23. The molecule has 0 saturated heterocycles. The molecule has 0 radical (unpaired) electrons. The lowest BCUT2D eigenvalue weighted by Gasteiger charge is -2.10. The molecule has 1 atom stereocenters. The van der Waals surface area contributed by atoms with Crippen LogP contribution in [0.25, 0.3) is 11.0 Å². The van der Waals surface area contributed by atoms with Crippen LogP contribution < -0.4 is 5.32 Å². The third-order valence-electron chi connectivity index (χ3n) is 3.07. The molecule has 0 saturated carbocycles. The summed E-state index contributed by atoms with van der Waals surface area (Å²) in [4.78, 5) is 8.01. The Bertz CT molecular complexity index is 521. The summed E-state index contributed by atoms with van der Waals surface area (Å²) in [6.45, 7) is 8.70. The quantitative estimate of drug-likeness (QED) is 0.598. The van der Waals surface area contributed by atoms with Crippen molar-refractivity contribution < 1.29 is 0 Å². The van der Waals surface area contributed by atoms with Crippen LogP contribution in [0.5, 0.6) is 0 Å². The summed E-state index contributed by atoms with van der Waals surface area (Å²) in [5.41, 5.74) is 3.45. The molecule has 0 spiro atoms. The minimum absolute atomic E-state index is 0.526. The topological polar surface area (TPSA) is 40.7 Å². The van der Waals surface area contributed by atoms with Crippen LogP contribution in [-0.4, -0.2) is 28.3 Å². The van der Waals surface area contributed by atoms with Gasteiger partial charge in [-0.05, 0) is 37.6 Å². The lowest BCUT2D eigenvalue weighted by atomic mass is 10.2. The van der Waals surface area contributed by atoms with Crippen molar-refractivity contribution in [2.75, 3.05) is 13.1 Å². The second kappa shape index (κ2) is 6.96. The van der Waals surface area contributed by atoms with Crippen LogP contribution >= 0.6 is 11.8 Å². The number of aryl methyl sites for hydroxylation is 1. The molecule has 0 aliphatic rings. The Labute approximate surface area is 119 Å². The van der Waals surface area contributed by atoms with E-state index in [1.54, 1.807) is 11.8 Å². The number of imidazole rings is 1. The monoisotopic (exact) mass is 277 g/mol. The average molecular weight is 277 g/mol. The molecule has 0 aliphatic carbocycles. The smallest absolute Gasteiger partial charge is 0.166 e. The maximum Gasteiger partial charge on any atom is 0.166 e. The number of benzene rings is 1. The van der Waals surface area contributed by atoms with E-state index in [2.05, 4.69) is 54.3 Å². The molecule has 1 aromatic heterocycles. The van der Waals surface area contributed by atoms with E-state index in [4.69, 9.17) is 0 Å². The molecule has 19 heavy (non-hydrogen) atoms. The number of fused-ring (bicyclic) bond motifs is 1. The number of unbranched alkanes of at least 4 members (excludes halogenated alkanes) is 1. The summed E-state index contributed by atoms with van der Waals surface area (Å²) in [5, 5.41) is 5.03. The van der Waals surface area contributed by atoms with Gasteiger partial charge in [-0.15, -0.1) is 0 Å². The van der Waals surface area contributed by atoms with Gasteiger partial charge in [0.1, 0.15) is 0 Å². The zero-order chi connectivity index (χ0) is 13.7. The van der Waals surface area contributed by atoms with Crippen molar-refractivity contribution in [2.45, 2.75) is 44.0 Å². The van der Waals surface area contributed by atoms with Gasteiger partial charge in [-0.25, -0.2) is 4.98 Å². The number of aromatic amines is 1. The largest absolute Gasteiger partial charge is 0.333 e. The van der Waals surface area contributed by atoms with E-state index < -0.39 is 0 Å². The summed E-state index contributed by atoms with van der Waals surface area (Å²) in [6, 6.07) is 6.33. The molecular weight excluding hydrogens is 254 g/mol. The van der Waals surface area contributed by atoms with E-state index in [0.29, 0.717) is 5.25 Å². The SMILES string of the molecule is CCCCNCC(C)Sc1nc2ccc(C)cc2[nH]1. The number of nitrogens with zero attached hydrogens (tertiary/aromatic N) is 1. The highest BCUT2D eigenvalue weighted by Gasteiger charge is 2.08. The minimum Gasteiger partial charge on any atom is -0.333 e. The molecule has 2 N–H and O–H groups in total. The first-order chi connectivity index (χ1) is 9.19. The van der Waals surface area contributed by atoms with E-state index >= 15 is 0 Å². The van der Waals surface area contributed by atoms with Gasteiger partial charge in [0.15, 0.2) is 5.16 Å². The Hall–Kier alpha value is -1.00. The molecule has 2 aromatic rings. The van der Waals surface area contributed by atoms with Crippen LogP contribution in [0, 0.1) is 6.92 Å². The zero-order valence-corrected chi connectivity index (χ0v) is 12.8. The molecule has 4 heteroatoms. The predicted molar refractivity (Wildman–Crippen MR) is 83.9 cm³/mol. The van der Waals surface area contributed by atoms with Gasteiger partial charge in [-0.3, -0.25) is 0 Å². The highest BCUT2D eigenvalue weighted by atomic mass is 32.2. The summed E-state index contributed by atoms with van der Waals surface area (Å²) in [7, 11) is 0. The van der Waals surface area contributed by atoms with E-state index in [1.807, 2.05) is 0 Å². The number of H-pyrrole nitrogens is 1. The number of aromatic nitrogens is 2. The lowest BCUT2D eigenvalue weighted by Crippen LogP contribution is -2.23. The van der Waals surface area contributed by atoms with Gasteiger partial charge in [-0.1, -0.05) is 38.1 Å². The molecule has 1 heterocycles. The van der Waals surface area contributed by atoms with Crippen LogP contribution in [0.15, 0.2) is 23.4 Å². The maximum atomic E-state index is 4.62. The molecule has 0 amide bonds.